The summed E-state index contributed by atoms with van der Waals surface area (Å²) in [6.07, 6.45) is 0.785. The number of carbonyl (C=O) groups is 2. The van der Waals surface area contributed by atoms with Gasteiger partial charge in [0.05, 0.1) is 11.3 Å². The first kappa shape index (κ1) is 18.4. The fourth-order valence-electron chi connectivity index (χ4n) is 3.55. The second kappa shape index (κ2) is 7.56. The summed E-state index contributed by atoms with van der Waals surface area (Å²) < 4.78 is 0. The molecule has 1 aliphatic heterocycles. The summed E-state index contributed by atoms with van der Waals surface area (Å²) in [7, 11) is 0. The number of aromatic nitrogens is 1. The molecule has 6 nitrogen and oxygen atoms in total. The molecule has 0 saturated carbocycles. The van der Waals surface area contributed by atoms with E-state index in [1.807, 2.05) is 37.3 Å². The molecule has 2 heterocycles. The van der Waals surface area contributed by atoms with E-state index in [2.05, 4.69) is 10.3 Å². The molecular weight excluding hydrogens is 364 g/mol. The van der Waals surface area contributed by atoms with Gasteiger partial charge in [0.1, 0.15) is 17.5 Å². The number of rotatable bonds is 3. The van der Waals surface area contributed by atoms with Gasteiger partial charge in [-0.05, 0) is 49.2 Å². The number of carbonyl (C=O) groups excluding carboxylic acids is 2. The third-order valence-electron chi connectivity index (χ3n) is 4.92. The summed E-state index contributed by atoms with van der Waals surface area (Å²) in [5, 5.41) is 11.9. The Morgan fingerprint density at radius 3 is 2.59 bits per heavy atom. The van der Waals surface area contributed by atoms with Crippen molar-refractivity contribution in [2.45, 2.75) is 19.4 Å². The first-order valence-corrected chi connectivity index (χ1v) is 9.27. The zero-order chi connectivity index (χ0) is 20.4. The molecule has 2 amide bonds. The number of fused-ring (bicyclic) bond motifs is 1. The van der Waals surface area contributed by atoms with Crippen molar-refractivity contribution in [1.29, 1.82) is 5.26 Å². The molecule has 0 saturated heterocycles. The van der Waals surface area contributed by atoms with Crippen molar-refractivity contribution >= 4 is 23.2 Å². The lowest BCUT2D eigenvalue weighted by Gasteiger charge is -2.22. The maximum Gasteiger partial charge on any atom is 0.277 e. The van der Waals surface area contributed by atoms with Gasteiger partial charge in [-0.15, -0.1) is 0 Å². The van der Waals surface area contributed by atoms with Gasteiger partial charge in [-0.2, -0.15) is 5.26 Å². The highest BCUT2D eigenvalue weighted by atomic mass is 16.2. The molecule has 1 N–H and O–H groups in total. The maximum absolute atomic E-state index is 13.1. The SMILES string of the molecule is CC1Cc2ccccc2N1C(=O)c1cccc(C(=O)Nc2ccccc2C#N)n1. The first-order valence-electron chi connectivity index (χ1n) is 9.27. The summed E-state index contributed by atoms with van der Waals surface area (Å²) in [6.45, 7) is 1.99. The van der Waals surface area contributed by atoms with Crippen molar-refractivity contribution in [3.05, 3.63) is 89.2 Å². The van der Waals surface area contributed by atoms with Crippen molar-refractivity contribution in [3.63, 3.8) is 0 Å². The van der Waals surface area contributed by atoms with E-state index in [-0.39, 0.29) is 23.3 Å². The molecule has 0 fully saturated rings. The van der Waals surface area contributed by atoms with Crippen molar-refractivity contribution < 1.29 is 9.59 Å². The number of nitrogens with one attached hydrogen (secondary N) is 1. The molecule has 0 bridgehead atoms. The van der Waals surface area contributed by atoms with Crippen LogP contribution in [0.4, 0.5) is 11.4 Å². The van der Waals surface area contributed by atoms with Crippen LogP contribution < -0.4 is 10.2 Å². The number of hydrogen-bond donors (Lipinski definition) is 1. The van der Waals surface area contributed by atoms with Crippen LogP contribution in [0.2, 0.25) is 0 Å². The van der Waals surface area contributed by atoms with Gasteiger partial charge in [0, 0.05) is 11.7 Å². The lowest BCUT2D eigenvalue weighted by molar-refractivity contribution is 0.0976. The van der Waals surface area contributed by atoms with Crippen LogP contribution >= 0.6 is 0 Å². The van der Waals surface area contributed by atoms with Crippen molar-refractivity contribution in [3.8, 4) is 6.07 Å². The Hall–Kier alpha value is -3.98. The fourth-order valence-corrected chi connectivity index (χ4v) is 3.55. The minimum Gasteiger partial charge on any atom is -0.319 e. The van der Waals surface area contributed by atoms with Crippen LogP contribution in [0.15, 0.2) is 66.7 Å². The minimum absolute atomic E-state index is 0.0155. The zero-order valence-corrected chi connectivity index (χ0v) is 15.8. The molecule has 6 heteroatoms. The molecule has 0 spiro atoms. The molecule has 3 aromatic rings. The normalized spacial score (nSPS) is 14.8. The van der Waals surface area contributed by atoms with Gasteiger partial charge >= 0.3 is 0 Å². The van der Waals surface area contributed by atoms with E-state index < -0.39 is 5.91 Å². The van der Waals surface area contributed by atoms with Gasteiger partial charge in [-0.1, -0.05) is 36.4 Å². The quantitative estimate of drug-likeness (QED) is 0.747. The Morgan fingerprint density at radius 2 is 1.76 bits per heavy atom. The van der Waals surface area contributed by atoms with Crippen LogP contribution in [0.5, 0.6) is 0 Å². The second-order valence-electron chi connectivity index (χ2n) is 6.88. The monoisotopic (exact) mass is 382 g/mol. The molecule has 2 aromatic carbocycles. The summed E-state index contributed by atoms with van der Waals surface area (Å²) in [6, 6.07) is 21.4. The largest absolute Gasteiger partial charge is 0.319 e. The number of pyridine rings is 1. The van der Waals surface area contributed by atoms with E-state index in [1.54, 1.807) is 47.4 Å². The highest BCUT2D eigenvalue weighted by Gasteiger charge is 2.32. The van der Waals surface area contributed by atoms with E-state index >= 15 is 0 Å². The van der Waals surface area contributed by atoms with Crippen molar-refractivity contribution in [2.24, 2.45) is 0 Å². The topological polar surface area (TPSA) is 86.1 Å². The Labute approximate surface area is 168 Å². The molecular formula is C23H18N4O2. The molecule has 4 rings (SSSR count). The molecule has 0 radical (unpaired) electrons. The molecule has 29 heavy (non-hydrogen) atoms. The molecule has 1 atom stereocenters. The van der Waals surface area contributed by atoms with Crippen LogP contribution in [0.3, 0.4) is 0 Å². The summed E-state index contributed by atoms with van der Waals surface area (Å²) in [5.74, 6) is -0.716. The number of hydrogen-bond acceptors (Lipinski definition) is 4. The standard InChI is InChI=1S/C23H18N4O2/c1-15-13-16-7-3-5-12-21(16)27(15)23(29)20-11-6-10-19(25-20)22(28)26-18-9-4-2-8-17(18)14-24/h2-12,15H,13H2,1H3,(H,26,28). The first-order chi connectivity index (χ1) is 14.1. The Morgan fingerprint density at radius 1 is 1.03 bits per heavy atom. The van der Waals surface area contributed by atoms with E-state index in [4.69, 9.17) is 0 Å². The lowest BCUT2D eigenvalue weighted by Crippen LogP contribution is -2.36. The van der Waals surface area contributed by atoms with E-state index in [0.717, 1.165) is 17.7 Å². The number of nitriles is 1. The third-order valence-corrected chi connectivity index (χ3v) is 4.92. The predicted molar refractivity (Wildman–Crippen MR) is 110 cm³/mol. The van der Waals surface area contributed by atoms with Gasteiger partial charge in [-0.25, -0.2) is 4.98 Å². The predicted octanol–water partition coefficient (Wildman–Crippen LogP) is 3.80. The van der Waals surface area contributed by atoms with Crippen LogP contribution in [0, 0.1) is 11.3 Å². The zero-order valence-electron chi connectivity index (χ0n) is 15.8. The fraction of sp³-hybridized carbons (Fsp3) is 0.130. The van der Waals surface area contributed by atoms with Gasteiger partial charge in [0.25, 0.3) is 11.8 Å². The van der Waals surface area contributed by atoms with E-state index in [9.17, 15) is 14.9 Å². The molecule has 1 unspecified atom stereocenters. The van der Waals surface area contributed by atoms with Gasteiger partial charge in [0.2, 0.25) is 0 Å². The number of nitrogens with zero attached hydrogens (tertiary/aromatic N) is 3. The van der Waals surface area contributed by atoms with Crippen molar-refractivity contribution in [2.75, 3.05) is 10.2 Å². The van der Waals surface area contributed by atoms with E-state index in [0.29, 0.717) is 11.3 Å². The highest BCUT2D eigenvalue weighted by Crippen LogP contribution is 2.32. The van der Waals surface area contributed by atoms with Crippen LogP contribution in [0.1, 0.15) is 39.0 Å². The summed E-state index contributed by atoms with van der Waals surface area (Å²) >= 11 is 0. The number of anilines is 2. The van der Waals surface area contributed by atoms with Crippen LogP contribution in [0.25, 0.3) is 0 Å². The van der Waals surface area contributed by atoms with Gasteiger partial charge in [-0.3, -0.25) is 9.59 Å². The Kier molecular flexibility index (Phi) is 4.80. The van der Waals surface area contributed by atoms with Crippen molar-refractivity contribution in [1.82, 2.24) is 4.98 Å². The average molecular weight is 382 g/mol. The highest BCUT2D eigenvalue weighted by molar-refractivity contribution is 6.08. The lowest BCUT2D eigenvalue weighted by atomic mass is 10.1. The van der Waals surface area contributed by atoms with Gasteiger partial charge < -0.3 is 10.2 Å². The summed E-state index contributed by atoms with van der Waals surface area (Å²) in [4.78, 5) is 31.8. The number of benzene rings is 2. The molecule has 1 aromatic heterocycles. The third kappa shape index (κ3) is 3.46. The van der Waals surface area contributed by atoms with Crippen LogP contribution in [-0.4, -0.2) is 22.8 Å². The van der Waals surface area contributed by atoms with Gasteiger partial charge in [0.15, 0.2) is 0 Å². The maximum atomic E-state index is 13.1. The van der Waals surface area contributed by atoms with Crippen LogP contribution in [-0.2, 0) is 6.42 Å². The Balaban J connectivity index is 1.60. The Bertz CT molecular complexity index is 1150. The number of amides is 2. The molecule has 142 valence electrons. The number of para-hydroxylation sites is 2. The average Bonchev–Trinajstić information content (AvgIpc) is 3.09. The smallest absolute Gasteiger partial charge is 0.277 e. The summed E-state index contributed by atoms with van der Waals surface area (Å²) in [5.41, 5.74) is 3.08. The van der Waals surface area contributed by atoms with E-state index in [1.165, 1.54) is 0 Å². The second-order valence-corrected chi connectivity index (χ2v) is 6.88. The molecule has 1 aliphatic rings. The minimum atomic E-state index is -0.475. The molecule has 0 aliphatic carbocycles.